The van der Waals surface area contributed by atoms with Crippen LogP contribution in [0, 0.1) is 0 Å². The molecule has 0 unspecified atom stereocenters. The summed E-state index contributed by atoms with van der Waals surface area (Å²) < 4.78 is 38.1. The number of nitrogens with two attached hydrogens (primary N) is 1. The van der Waals surface area contributed by atoms with E-state index in [2.05, 4.69) is 19.9 Å². The molecule has 1 aliphatic heterocycles. The van der Waals surface area contributed by atoms with Crippen molar-refractivity contribution in [3.8, 4) is 10.6 Å². The summed E-state index contributed by atoms with van der Waals surface area (Å²) in [6.07, 6.45) is -3.73. The number of rotatable bonds is 3. The molecule has 28 heavy (non-hydrogen) atoms. The van der Waals surface area contributed by atoms with Crippen LogP contribution in [0.1, 0.15) is 22.5 Å². The fourth-order valence-corrected chi connectivity index (χ4v) is 4.00. The number of H-pyrrole nitrogens is 1. The molecule has 0 amide bonds. The highest BCUT2D eigenvalue weighted by atomic mass is 32.1. The molecule has 6 nitrogen and oxygen atoms in total. The first-order valence-electron chi connectivity index (χ1n) is 8.51. The Morgan fingerprint density at radius 2 is 1.96 bits per heavy atom. The van der Waals surface area contributed by atoms with Crippen molar-refractivity contribution in [3.63, 3.8) is 0 Å². The van der Waals surface area contributed by atoms with Crippen LogP contribution in [0.2, 0.25) is 0 Å². The molecule has 0 atom stereocenters. The molecule has 0 saturated carbocycles. The Bertz CT molecular complexity index is 1060. The highest BCUT2D eigenvalue weighted by Crippen LogP contribution is 2.32. The van der Waals surface area contributed by atoms with E-state index in [1.165, 1.54) is 23.5 Å². The van der Waals surface area contributed by atoms with E-state index in [1.54, 1.807) is 0 Å². The van der Waals surface area contributed by atoms with Gasteiger partial charge in [0, 0.05) is 37.0 Å². The molecule has 0 bridgehead atoms. The number of halogens is 3. The molecule has 4 rings (SSSR count). The van der Waals surface area contributed by atoms with Gasteiger partial charge in [0.05, 0.1) is 22.5 Å². The van der Waals surface area contributed by atoms with Gasteiger partial charge in [-0.3, -0.25) is 14.7 Å². The van der Waals surface area contributed by atoms with Gasteiger partial charge < -0.3 is 5.73 Å². The number of benzene rings is 1. The number of nitrogens with one attached hydrogen (secondary N) is 1. The van der Waals surface area contributed by atoms with Gasteiger partial charge in [-0.2, -0.15) is 13.2 Å². The number of thiazole rings is 1. The molecule has 2 aromatic heterocycles. The van der Waals surface area contributed by atoms with Gasteiger partial charge in [0.15, 0.2) is 0 Å². The summed E-state index contributed by atoms with van der Waals surface area (Å²) in [5, 5.41) is 2.54. The summed E-state index contributed by atoms with van der Waals surface area (Å²) in [4.78, 5) is 25.4. The second-order valence-corrected chi connectivity index (χ2v) is 7.41. The topological polar surface area (TPSA) is 87.9 Å². The van der Waals surface area contributed by atoms with Crippen molar-refractivity contribution in [1.82, 2.24) is 19.9 Å². The van der Waals surface area contributed by atoms with Gasteiger partial charge in [0.25, 0.3) is 5.56 Å². The smallest absolute Gasteiger partial charge is 0.369 e. The quantitative estimate of drug-likeness (QED) is 0.697. The summed E-state index contributed by atoms with van der Waals surface area (Å²) >= 11 is 1.38. The van der Waals surface area contributed by atoms with Crippen LogP contribution in [0.5, 0.6) is 0 Å². The molecule has 0 radical (unpaired) electrons. The highest BCUT2D eigenvalue weighted by molar-refractivity contribution is 7.13. The van der Waals surface area contributed by atoms with Gasteiger partial charge in [-0.15, -0.1) is 11.3 Å². The lowest BCUT2D eigenvalue weighted by Crippen LogP contribution is -2.35. The van der Waals surface area contributed by atoms with Crippen molar-refractivity contribution in [1.29, 1.82) is 0 Å². The number of hydrogen-bond donors (Lipinski definition) is 2. The maximum Gasteiger partial charge on any atom is 0.416 e. The molecule has 0 saturated heterocycles. The molecule has 3 N–H and O–H groups in total. The number of alkyl halides is 3. The Labute approximate surface area is 161 Å². The molecule has 3 heterocycles. The number of fused-ring (bicyclic) bond motifs is 1. The first-order valence-corrected chi connectivity index (χ1v) is 9.39. The van der Waals surface area contributed by atoms with Gasteiger partial charge in [0.2, 0.25) is 5.95 Å². The van der Waals surface area contributed by atoms with Crippen molar-refractivity contribution >= 4 is 17.3 Å². The molecule has 0 aliphatic carbocycles. The molecule has 1 aromatic carbocycles. The standard InChI is InChI=1S/C18H16F3N5OS/c19-18(20,21)11-3-1-10(2-4-11)16-23-12(9-28-16)7-26-6-5-14-13(8-26)15(27)25-17(22)24-14/h1-4,9H,5-8H2,(H3,22,24,25,27). The molecule has 146 valence electrons. The molecule has 10 heteroatoms. The zero-order valence-corrected chi connectivity index (χ0v) is 15.4. The Balaban J connectivity index is 1.47. The second kappa shape index (κ2) is 7.02. The highest BCUT2D eigenvalue weighted by Gasteiger charge is 2.30. The monoisotopic (exact) mass is 407 g/mol. The summed E-state index contributed by atoms with van der Waals surface area (Å²) in [5.41, 5.74) is 7.46. The van der Waals surface area contributed by atoms with Gasteiger partial charge in [-0.05, 0) is 12.1 Å². The van der Waals surface area contributed by atoms with Gasteiger partial charge in [-0.25, -0.2) is 9.97 Å². The van der Waals surface area contributed by atoms with Gasteiger partial charge >= 0.3 is 6.18 Å². The molecular formula is C18H16F3N5OS. The summed E-state index contributed by atoms with van der Waals surface area (Å²) in [7, 11) is 0. The zero-order valence-electron chi connectivity index (χ0n) is 14.6. The predicted molar refractivity (Wildman–Crippen MR) is 99.6 cm³/mol. The van der Waals surface area contributed by atoms with Crippen molar-refractivity contribution in [2.75, 3.05) is 12.3 Å². The van der Waals surface area contributed by atoms with Crippen LogP contribution in [0.3, 0.4) is 0 Å². The van der Waals surface area contributed by atoms with E-state index in [0.717, 1.165) is 30.1 Å². The molecule has 0 spiro atoms. The number of nitrogen functional groups attached to an aromatic ring is 1. The van der Waals surface area contributed by atoms with E-state index >= 15 is 0 Å². The fraction of sp³-hybridized carbons (Fsp3) is 0.278. The largest absolute Gasteiger partial charge is 0.416 e. The molecule has 3 aromatic rings. The number of hydrogen-bond acceptors (Lipinski definition) is 6. The molecular weight excluding hydrogens is 391 g/mol. The first kappa shape index (κ1) is 18.6. The van der Waals surface area contributed by atoms with E-state index in [9.17, 15) is 18.0 Å². The first-order chi connectivity index (χ1) is 13.3. The fourth-order valence-electron chi connectivity index (χ4n) is 3.18. The number of aromatic amines is 1. The third-order valence-corrected chi connectivity index (χ3v) is 5.50. The Morgan fingerprint density at radius 1 is 1.21 bits per heavy atom. The third-order valence-electron chi connectivity index (χ3n) is 4.56. The lowest BCUT2D eigenvalue weighted by molar-refractivity contribution is -0.137. The Kier molecular flexibility index (Phi) is 4.68. The van der Waals surface area contributed by atoms with Crippen LogP contribution in [0.4, 0.5) is 19.1 Å². The SMILES string of the molecule is Nc1nc2c(c(=O)[nH]1)CN(Cc1csc(-c3ccc(C(F)(F)F)cc3)n1)CC2. The summed E-state index contributed by atoms with van der Waals surface area (Å²) in [5.74, 6) is 0.123. The normalized spacial score (nSPS) is 14.8. The Morgan fingerprint density at radius 3 is 2.68 bits per heavy atom. The van der Waals surface area contributed by atoms with Gasteiger partial charge in [-0.1, -0.05) is 12.1 Å². The van der Waals surface area contributed by atoms with E-state index < -0.39 is 11.7 Å². The average molecular weight is 407 g/mol. The number of anilines is 1. The van der Waals surface area contributed by atoms with E-state index in [4.69, 9.17) is 5.73 Å². The zero-order chi connectivity index (χ0) is 19.9. The second-order valence-electron chi connectivity index (χ2n) is 6.56. The van der Waals surface area contributed by atoms with E-state index in [-0.39, 0.29) is 11.5 Å². The molecule has 1 aliphatic rings. The van der Waals surface area contributed by atoms with Crippen molar-refractivity contribution in [2.24, 2.45) is 0 Å². The van der Waals surface area contributed by atoms with Crippen molar-refractivity contribution in [2.45, 2.75) is 25.7 Å². The van der Waals surface area contributed by atoms with E-state index in [1.807, 2.05) is 5.38 Å². The van der Waals surface area contributed by atoms with Crippen LogP contribution in [-0.2, 0) is 25.7 Å². The predicted octanol–water partition coefficient (Wildman–Crippen LogP) is 3.05. The van der Waals surface area contributed by atoms with E-state index in [0.29, 0.717) is 35.6 Å². The summed E-state index contributed by atoms with van der Waals surface area (Å²) in [6, 6.07) is 4.97. The number of nitrogens with zero attached hydrogens (tertiary/aromatic N) is 3. The third kappa shape index (κ3) is 3.78. The average Bonchev–Trinajstić information content (AvgIpc) is 3.10. The molecule has 0 fully saturated rings. The maximum absolute atomic E-state index is 12.7. The minimum absolute atomic E-state index is 0.123. The van der Waals surface area contributed by atoms with Crippen LogP contribution in [-0.4, -0.2) is 26.4 Å². The lowest BCUT2D eigenvalue weighted by Gasteiger charge is -2.26. The minimum Gasteiger partial charge on any atom is -0.369 e. The van der Waals surface area contributed by atoms with Crippen molar-refractivity contribution < 1.29 is 13.2 Å². The Hall–Kier alpha value is -2.72. The van der Waals surface area contributed by atoms with Crippen LogP contribution < -0.4 is 11.3 Å². The van der Waals surface area contributed by atoms with Crippen LogP contribution >= 0.6 is 11.3 Å². The van der Waals surface area contributed by atoms with Crippen molar-refractivity contribution in [3.05, 3.63) is 62.5 Å². The lowest BCUT2D eigenvalue weighted by atomic mass is 10.1. The van der Waals surface area contributed by atoms with Crippen LogP contribution in [0.15, 0.2) is 34.4 Å². The van der Waals surface area contributed by atoms with Gasteiger partial charge in [0.1, 0.15) is 5.01 Å². The van der Waals surface area contributed by atoms with Crippen LogP contribution in [0.25, 0.3) is 10.6 Å². The summed E-state index contributed by atoms with van der Waals surface area (Å²) in [6.45, 7) is 1.71. The number of aromatic nitrogens is 3. The maximum atomic E-state index is 12.7. The minimum atomic E-state index is -4.35.